The summed E-state index contributed by atoms with van der Waals surface area (Å²) in [4.78, 5) is 23.8. The van der Waals surface area contributed by atoms with Crippen LogP contribution in [0.3, 0.4) is 0 Å². The maximum absolute atomic E-state index is 12.1. The highest BCUT2D eigenvalue weighted by Crippen LogP contribution is 2.21. The lowest BCUT2D eigenvalue weighted by Crippen LogP contribution is -2.42. The van der Waals surface area contributed by atoms with Crippen molar-refractivity contribution in [3.05, 3.63) is 34.9 Å². The number of amides is 3. The molecule has 1 aliphatic heterocycles. The number of hydrazone groups is 1. The minimum atomic E-state index is -0.880. The fourth-order valence-electron chi connectivity index (χ4n) is 1.71. The molecule has 1 unspecified atom stereocenters. The highest BCUT2D eigenvalue weighted by atomic mass is 35.5. The van der Waals surface area contributed by atoms with Gasteiger partial charge in [-0.05, 0) is 19.4 Å². The van der Waals surface area contributed by atoms with Crippen LogP contribution in [0.2, 0.25) is 5.02 Å². The number of nitrogens with zero attached hydrogens (tertiary/aromatic N) is 2. The molecule has 1 N–H and O–H groups in total. The van der Waals surface area contributed by atoms with Crippen molar-refractivity contribution in [3.8, 4) is 0 Å². The lowest BCUT2D eigenvalue weighted by atomic mass is 10.00. The minimum absolute atomic E-state index is 0.358. The van der Waals surface area contributed by atoms with Gasteiger partial charge in [-0.3, -0.25) is 4.79 Å². The number of imide groups is 1. The predicted molar refractivity (Wildman–Crippen MR) is 73.1 cm³/mol. The molecule has 5 nitrogen and oxygen atoms in total. The Morgan fingerprint density at radius 2 is 2.11 bits per heavy atom. The van der Waals surface area contributed by atoms with E-state index >= 15 is 0 Å². The summed E-state index contributed by atoms with van der Waals surface area (Å²) < 4.78 is 0. The first kappa shape index (κ1) is 13.5. The van der Waals surface area contributed by atoms with Crippen molar-refractivity contribution in [2.45, 2.75) is 25.8 Å². The van der Waals surface area contributed by atoms with Crippen LogP contribution < -0.4 is 5.32 Å². The third-order valence-corrected chi connectivity index (χ3v) is 3.51. The van der Waals surface area contributed by atoms with Crippen molar-refractivity contribution in [1.29, 1.82) is 0 Å². The molecule has 2 rings (SSSR count). The van der Waals surface area contributed by atoms with Gasteiger partial charge >= 0.3 is 6.03 Å². The number of hydrogen-bond acceptors (Lipinski definition) is 3. The average Bonchev–Trinajstić information content (AvgIpc) is 2.61. The second-order valence-corrected chi connectivity index (χ2v) is 4.91. The van der Waals surface area contributed by atoms with E-state index in [0.717, 1.165) is 5.01 Å². The molecule has 3 amide bonds. The quantitative estimate of drug-likeness (QED) is 0.682. The first-order valence-corrected chi connectivity index (χ1v) is 6.31. The van der Waals surface area contributed by atoms with Gasteiger partial charge in [-0.15, -0.1) is 5.01 Å². The fraction of sp³-hybridized carbons (Fsp3) is 0.308. The molecule has 1 aromatic rings. The van der Waals surface area contributed by atoms with Gasteiger partial charge in [-0.2, -0.15) is 5.10 Å². The van der Waals surface area contributed by atoms with Crippen LogP contribution in [-0.4, -0.2) is 28.7 Å². The van der Waals surface area contributed by atoms with Crippen LogP contribution >= 0.6 is 11.6 Å². The summed E-state index contributed by atoms with van der Waals surface area (Å²) >= 11 is 5.97. The van der Waals surface area contributed by atoms with Gasteiger partial charge < -0.3 is 5.32 Å². The molecule has 0 spiro atoms. The Balaban J connectivity index is 2.23. The smallest absolute Gasteiger partial charge is 0.322 e. The molecule has 1 atom stereocenters. The Morgan fingerprint density at radius 1 is 1.42 bits per heavy atom. The van der Waals surface area contributed by atoms with Gasteiger partial charge in [0.15, 0.2) is 0 Å². The normalized spacial score (nSPS) is 23.2. The summed E-state index contributed by atoms with van der Waals surface area (Å²) in [6.45, 7) is 3.51. The maximum Gasteiger partial charge on any atom is 0.346 e. The maximum atomic E-state index is 12.1. The standard InChI is InChI=1S/C13H14ClN3O2/c1-3-13(2)11(18)17(12(19)16-13)15-8-9-6-4-5-7-10(9)14/h4-8H,3H2,1-2H3,(H,16,19)/b15-8+. The largest absolute Gasteiger partial charge is 0.346 e. The van der Waals surface area contributed by atoms with E-state index in [2.05, 4.69) is 10.4 Å². The van der Waals surface area contributed by atoms with E-state index in [-0.39, 0.29) is 5.91 Å². The van der Waals surface area contributed by atoms with Gasteiger partial charge in [0.2, 0.25) is 0 Å². The molecular weight excluding hydrogens is 266 g/mol. The summed E-state index contributed by atoms with van der Waals surface area (Å²) in [7, 11) is 0. The Kier molecular flexibility index (Phi) is 3.57. The number of carbonyl (C=O) groups excluding carboxylic acids is 2. The van der Waals surface area contributed by atoms with Crippen LogP contribution in [0.1, 0.15) is 25.8 Å². The number of carbonyl (C=O) groups is 2. The van der Waals surface area contributed by atoms with E-state index in [0.29, 0.717) is 17.0 Å². The molecule has 1 fully saturated rings. The van der Waals surface area contributed by atoms with Crippen molar-refractivity contribution in [1.82, 2.24) is 10.3 Å². The van der Waals surface area contributed by atoms with E-state index in [1.54, 1.807) is 31.2 Å². The van der Waals surface area contributed by atoms with E-state index < -0.39 is 11.6 Å². The number of halogens is 1. The first-order valence-electron chi connectivity index (χ1n) is 5.93. The molecule has 1 heterocycles. The zero-order valence-corrected chi connectivity index (χ0v) is 11.4. The van der Waals surface area contributed by atoms with Crippen molar-refractivity contribution in [2.24, 2.45) is 5.10 Å². The molecule has 100 valence electrons. The van der Waals surface area contributed by atoms with Crippen molar-refractivity contribution < 1.29 is 9.59 Å². The van der Waals surface area contributed by atoms with Crippen molar-refractivity contribution in [3.63, 3.8) is 0 Å². The van der Waals surface area contributed by atoms with E-state index in [1.807, 2.05) is 6.92 Å². The van der Waals surface area contributed by atoms with Crippen LogP contribution in [0.15, 0.2) is 29.4 Å². The summed E-state index contributed by atoms with van der Waals surface area (Å²) in [5.41, 5.74) is -0.232. The SMILES string of the molecule is CCC1(C)NC(=O)N(/N=C/c2ccccc2Cl)C1=O. The zero-order valence-electron chi connectivity index (χ0n) is 10.7. The molecular formula is C13H14ClN3O2. The third kappa shape index (κ3) is 2.46. The highest BCUT2D eigenvalue weighted by molar-refractivity contribution is 6.33. The van der Waals surface area contributed by atoms with E-state index in [1.165, 1.54) is 6.21 Å². The second-order valence-electron chi connectivity index (χ2n) is 4.50. The molecule has 0 aromatic heterocycles. The molecule has 19 heavy (non-hydrogen) atoms. The van der Waals surface area contributed by atoms with Crippen LogP contribution in [0.25, 0.3) is 0 Å². The predicted octanol–water partition coefficient (Wildman–Crippen LogP) is 2.39. The monoisotopic (exact) mass is 279 g/mol. The van der Waals surface area contributed by atoms with E-state index in [4.69, 9.17) is 11.6 Å². The van der Waals surface area contributed by atoms with Gasteiger partial charge in [0.05, 0.1) is 6.21 Å². The number of hydrogen-bond donors (Lipinski definition) is 1. The van der Waals surface area contributed by atoms with Crippen LogP contribution in [-0.2, 0) is 4.79 Å². The van der Waals surface area contributed by atoms with Crippen LogP contribution in [0.4, 0.5) is 4.79 Å². The Hall–Kier alpha value is -1.88. The molecule has 1 saturated heterocycles. The molecule has 0 radical (unpaired) electrons. The molecule has 1 aliphatic rings. The first-order chi connectivity index (χ1) is 8.98. The molecule has 6 heteroatoms. The van der Waals surface area contributed by atoms with Gasteiger partial charge in [-0.25, -0.2) is 4.79 Å². The lowest BCUT2D eigenvalue weighted by molar-refractivity contribution is -0.130. The van der Waals surface area contributed by atoms with Gasteiger partial charge in [0.1, 0.15) is 5.54 Å². The molecule has 0 bridgehead atoms. The molecule has 0 aliphatic carbocycles. The number of rotatable bonds is 3. The third-order valence-electron chi connectivity index (χ3n) is 3.16. The Labute approximate surface area is 116 Å². The summed E-state index contributed by atoms with van der Waals surface area (Å²) in [5.74, 6) is -0.358. The number of benzene rings is 1. The highest BCUT2D eigenvalue weighted by Gasteiger charge is 2.46. The topological polar surface area (TPSA) is 61.8 Å². The minimum Gasteiger partial charge on any atom is -0.322 e. The van der Waals surface area contributed by atoms with Gasteiger partial charge in [0, 0.05) is 10.6 Å². The van der Waals surface area contributed by atoms with E-state index in [9.17, 15) is 9.59 Å². The average molecular weight is 280 g/mol. The van der Waals surface area contributed by atoms with Crippen LogP contribution in [0, 0.1) is 0 Å². The second kappa shape index (κ2) is 5.01. The molecule has 1 aromatic carbocycles. The van der Waals surface area contributed by atoms with Crippen molar-refractivity contribution >= 4 is 29.8 Å². The summed E-state index contributed by atoms with van der Waals surface area (Å²) in [5, 5.41) is 7.89. The lowest BCUT2D eigenvalue weighted by Gasteiger charge is -2.17. The Morgan fingerprint density at radius 3 is 2.68 bits per heavy atom. The fourth-order valence-corrected chi connectivity index (χ4v) is 1.90. The summed E-state index contributed by atoms with van der Waals surface area (Å²) in [6.07, 6.45) is 1.91. The van der Waals surface area contributed by atoms with Gasteiger partial charge in [-0.1, -0.05) is 36.7 Å². The van der Waals surface area contributed by atoms with Gasteiger partial charge in [0.25, 0.3) is 5.91 Å². The number of nitrogens with one attached hydrogen (secondary N) is 1. The Bertz CT molecular complexity index is 559. The zero-order chi connectivity index (χ0) is 14.0. The van der Waals surface area contributed by atoms with Crippen molar-refractivity contribution in [2.75, 3.05) is 0 Å². The van der Waals surface area contributed by atoms with Crippen LogP contribution in [0.5, 0.6) is 0 Å². The number of urea groups is 1. The summed E-state index contributed by atoms with van der Waals surface area (Å²) in [6, 6.07) is 6.54. The molecule has 0 saturated carbocycles.